The van der Waals surface area contributed by atoms with Crippen LogP contribution in [0.3, 0.4) is 0 Å². The molecule has 1 aliphatic heterocycles. The van der Waals surface area contributed by atoms with E-state index in [2.05, 4.69) is 27.5 Å². The van der Waals surface area contributed by atoms with E-state index < -0.39 is 0 Å². The van der Waals surface area contributed by atoms with Gasteiger partial charge in [-0.25, -0.2) is 4.98 Å². The first-order chi connectivity index (χ1) is 12.2. The van der Waals surface area contributed by atoms with Gasteiger partial charge in [0.05, 0.1) is 16.8 Å². The summed E-state index contributed by atoms with van der Waals surface area (Å²) in [6, 6.07) is 8.46. The van der Waals surface area contributed by atoms with Crippen LogP contribution in [0, 0.1) is 0 Å². The predicted octanol–water partition coefficient (Wildman–Crippen LogP) is 4.04. The van der Waals surface area contributed by atoms with Gasteiger partial charge < -0.3 is 5.32 Å². The Kier molecular flexibility index (Phi) is 6.90. The van der Waals surface area contributed by atoms with E-state index in [0.717, 1.165) is 35.0 Å². The number of carbonyl (C=O) groups excluding carboxylic acids is 1. The van der Waals surface area contributed by atoms with Crippen LogP contribution in [0.4, 0.5) is 0 Å². The lowest BCUT2D eigenvalue weighted by molar-refractivity contribution is 0.0935. The molecule has 0 spiro atoms. The second kappa shape index (κ2) is 9.36. The number of thiazole rings is 1. The third-order valence-electron chi connectivity index (χ3n) is 4.62. The Morgan fingerprint density at radius 3 is 3.08 bits per heavy atom. The number of amides is 1. The fourth-order valence-corrected chi connectivity index (χ4v) is 4.75. The van der Waals surface area contributed by atoms with Gasteiger partial charge in [0.25, 0.3) is 5.91 Å². The summed E-state index contributed by atoms with van der Waals surface area (Å²) in [6.07, 6.45) is 3.87. The minimum Gasteiger partial charge on any atom is -0.351 e. The molecular formula is C19H25N3OS2. The molecule has 0 saturated carbocycles. The van der Waals surface area contributed by atoms with Gasteiger partial charge >= 0.3 is 0 Å². The number of nitrogens with one attached hydrogen (secondary N) is 1. The van der Waals surface area contributed by atoms with E-state index in [1.807, 2.05) is 29.8 Å². The number of piperidine rings is 1. The highest BCUT2D eigenvalue weighted by molar-refractivity contribution is 7.98. The molecule has 134 valence electrons. The van der Waals surface area contributed by atoms with Crippen LogP contribution in [-0.2, 0) is 5.75 Å². The molecule has 2 heterocycles. The molecule has 0 aliphatic carbocycles. The normalized spacial score (nSPS) is 18.2. The summed E-state index contributed by atoms with van der Waals surface area (Å²) in [5.74, 6) is 0.810. The molecule has 1 fully saturated rings. The van der Waals surface area contributed by atoms with Gasteiger partial charge in [0, 0.05) is 35.2 Å². The van der Waals surface area contributed by atoms with E-state index in [4.69, 9.17) is 0 Å². The van der Waals surface area contributed by atoms with E-state index in [1.165, 1.54) is 19.3 Å². The molecule has 4 nitrogen and oxygen atoms in total. The smallest absolute Gasteiger partial charge is 0.252 e. The summed E-state index contributed by atoms with van der Waals surface area (Å²) in [5, 5.41) is 5.14. The first kappa shape index (κ1) is 18.4. The fourth-order valence-electron chi connectivity index (χ4n) is 3.14. The van der Waals surface area contributed by atoms with Crippen LogP contribution in [0.15, 0.2) is 40.1 Å². The topological polar surface area (TPSA) is 45.2 Å². The number of benzene rings is 1. The number of carbonyl (C=O) groups is 1. The summed E-state index contributed by atoms with van der Waals surface area (Å²) in [7, 11) is 0. The first-order valence-corrected chi connectivity index (χ1v) is 10.8. The zero-order valence-electron chi connectivity index (χ0n) is 14.6. The van der Waals surface area contributed by atoms with Crippen LogP contribution in [0.25, 0.3) is 0 Å². The van der Waals surface area contributed by atoms with Gasteiger partial charge in [-0.05, 0) is 38.4 Å². The Hall–Kier alpha value is -1.37. The van der Waals surface area contributed by atoms with E-state index in [1.54, 1.807) is 23.1 Å². The fraction of sp³-hybridized carbons (Fsp3) is 0.474. The summed E-state index contributed by atoms with van der Waals surface area (Å²) < 4.78 is 0. The van der Waals surface area contributed by atoms with Gasteiger partial charge in [-0.1, -0.05) is 18.6 Å². The Morgan fingerprint density at radius 1 is 1.40 bits per heavy atom. The van der Waals surface area contributed by atoms with Gasteiger partial charge in [-0.2, -0.15) is 0 Å². The Balaban J connectivity index is 1.52. The second-order valence-electron chi connectivity index (χ2n) is 6.40. The SMILES string of the molecule is CC1CCCCN1CCNC(=O)c1ccccc1SCc1cscn1. The van der Waals surface area contributed by atoms with Crippen LogP contribution >= 0.6 is 23.1 Å². The molecule has 1 saturated heterocycles. The van der Waals surface area contributed by atoms with Crippen molar-refractivity contribution >= 4 is 29.0 Å². The van der Waals surface area contributed by atoms with E-state index in [0.29, 0.717) is 12.6 Å². The molecule has 1 aromatic heterocycles. The largest absolute Gasteiger partial charge is 0.351 e. The van der Waals surface area contributed by atoms with Gasteiger partial charge in [0.15, 0.2) is 0 Å². The lowest BCUT2D eigenvalue weighted by Gasteiger charge is -2.33. The molecule has 2 aromatic rings. The van der Waals surface area contributed by atoms with Crippen LogP contribution < -0.4 is 5.32 Å². The number of nitrogens with zero attached hydrogens (tertiary/aromatic N) is 2. The maximum atomic E-state index is 12.6. The van der Waals surface area contributed by atoms with Crippen molar-refractivity contribution in [3.8, 4) is 0 Å². The molecule has 1 amide bonds. The van der Waals surface area contributed by atoms with Crippen LogP contribution in [0.1, 0.15) is 42.2 Å². The quantitative estimate of drug-likeness (QED) is 0.742. The van der Waals surface area contributed by atoms with Gasteiger partial charge in [-0.3, -0.25) is 9.69 Å². The van der Waals surface area contributed by atoms with E-state index >= 15 is 0 Å². The lowest BCUT2D eigenvalue weighted by atomic mass is 10.0. The van der Waals surface area contributed by atoms with Crippen molar-refractivity contribution in [2.45, 2.75) is 42.9 Å². The average molecular weight is 376 g/mol. The Morgan fingerprint density at radius 2 is 2.28 bits per heavy atom. The molecule has 1 unspecified atom stereocenters. The van der Waals surface area contributed by atoms with Crippen LogP contribution in [0.2, 0.25) is 0 Å². The summed E-state index contributed by atoms with van der Waals surface area (Å²) in [6.45, 7) is 5.07. The highest BCUT2D eigenvalue weighted by Crippen LogP contribution is 2.26. The number of rotatable bonds is 7. The molecule has 1 N–H and O–H groups in total. The summed E-state index contributed by atoms with van der Waals surface area (Å²) >= 11 is 3.27. The molecule has 25 heavy (non-hydrogen) atoms. The van der Waals surface area contributed by atoms with Crippen LogP contribution in [0.5, 0.6) is 0 Å². The average Bonchev–Trinajstić information content (AvgIpc) is 3.15. The van der Waals surface area contributed by atoms with Crippen molar-refractivity contribution in [3.05, 3.63) is 46.4 Å². The molecule has 0 radical (unpaired) electrons. The number of likely N-dealkylation sites (tertiary alicyclic amines) is 1. The van der Waals surface area contributed by atoms with Crippen molar-refractivity contribution in [3.63, 3.8) is 0 Å². The van der Waals surface area contributed by atoms with Crippen LogP contribution in [-0.4, -0.2) is 41.5 Å². The third kappa shape index (κ3) is 5.30. The standard InChI is InChI=1S/C19H25N3OS2/c1-15-6-4-5-10-22(15)11-9-20-19(23)17-7-2-3-8-18(17)25-13-16-12-24-14-21-16/h2-3,7-8,12,14-15H,4-6,9-11,13H2,1H3,(H,20,23). The highest BCUT2D eigenvalue weighted by atomic mass is 32.2. The molecule has 1 aliphatic rings. The third-order valence-corrected chi connectivity index (χ3v) is 6.36. The Bertz CT molecular complexity index is 675. The van der Waals surface area contributed by atoms with Crippen molar-refractivity contribution in [1.82, 2.24) is 15.2 Å². The number of hydrogen-bond acceptors (Lipinski definition) is 5. The first-order valence-electron chi connectivity index (χ1n) is 8.85. The zero-order valence-corrected chi connectivity index (χ0v) is 16.2. The Labute approximate surface area is 158 Å². The number of thioether (sulfide) groups is 1. The van der Waals surface area contributed by atoms with Crippen molar-refractivity contribution in [2.24, 2.45) is 0 Å². The van der Waals surface area contributed by atoms with Crippen molar-refractivity contribution in [1.29, 1.82) is 0 Å². The molecule has 1 atom stereocenters. The number of hydrogen-bond donors (Lipinski definition) is 1. The molecule has 1 aromatic carbocycles. The molecule has 0 bridgehead atoms. The molecule has 3 rings (SSSR count). The zero-order chi connectivity index (χ0) is 17.5. The van der Waals surface area contributed by atoms with Gasteiger partial charge in [0.1, 0.15) is 0 Å². The van der Waals surface area contributed by atoms with E-state index in [9.17, 15) is 4.79 Å². The lowest BCUT2D eigenvalue weighted by Crippen LogP contribution is -2.42. The van der Waals surface area contributed by atoms with Crippen molar-refractivity contribution < 1.29 is 4.79 Å². The maximum absolute atomic E-state index is 12.6. The molecule has 6 heteroatoms. The summed E-state index contributed by atoms with van der Waals surface area (Å²) in [4.78, 5) is 20.4. The minimum absolute atomic E-state index is 0.0195. The monoisotopic (exact) mass is 375 g/mol. The summed E-state index contributed by atoms with van der Waals surface area (Å²) in [5.41, 5.74) is 3.66. The minimum atomic E-state index is 0.0195. The van der Waals surface area contributed by atoms with E-state index in [-0.39, 0.29) is 5.91 Å². The predicted molar refractivity (Wildman–Crippen MR) is 105 cm³/mol. The highest BCUT2D eigenvalue weighted by Gasteiger charge is 2.18. The van der Waals surface area contributed by atoms with Crippen molar-refractivity contribution in [2.75, 3.05) is 19.6 Å². The molecular weight excluding hydrogens is 350 g/mol. The maximum Gasteiger partial charge on any atom is 0.252 e. The van der Waals surface area contributed by atoms with Gasteiger partial charge in [0.2, 0.25) is 0 Å². The second-order valence-corrected chi connectivity index (χ2v) is 8.14. The number of aromatic nitrogens is 1. The van der Waals surface area contributed by atoms with Gasteiger partial charge in [-0.15, -0.1) is 23.1 Å².